The number of rotatable bonds is 9. The van der Waals surface area contributed by atoms with Crippen LogP contribution in [-0.4, -0.2) is 54.0 Å². The van der Waals surface area contributed by atoms with Crippen molar-refractivity contribution in [2.75, 3.05) is 26.4 Å². The smallest absolute Gasteiger partial charge is 0.326 e. The summed E-state index contributed by atoms with van der Waals surface area (Å²) in [5.41, 5.74) is -0.413. The highest BCUT2D eigenvalue weighted by molar-refractivity contribution is 6.22. The van der Waals surface area contributed by atoms with E-state index in [4.69, 9.17) is 14.2 Å². The van der Waals surface area contributed by atoms with Crippen molar-refractivity contribution in [2.24, 2.45) is 0 Å². The molecular formula is C20H18N2O8. The van der Waals surface area contributed by atoms with Gasteiger partial charge in [-0.2, -0.15) is 0 Å². The quantitative estimate of drug-likeness (QED) is 0.201. The normalized spacial score (nSPS) is 12.5. The molecule has 0 atom stereocenters. The lowest BCUT2D eigenvalue weighted by Gasteiger charge is -2.13. The van der Waals surface area contributed by atoms with Crippen LogP contribution < -0.4 is 9.47 Å². The summed E-state index contributed by atoms with van der Waals surface area (Å²) in [6.07, 6.45) is 0. The summed E-state index contributed by atoms with van der Waals surface area (Å²) in [5, 5.41) is 10.8. The third-order valence-electron chi connectivity index (χ3n) is 4.20. The van der Waals surface area contributed by atoms with Crippen LogP contribution >= 0.6 is 0 Å². The Morgan fingerprint density at radius 3 is 2.23 bits per heavy atom. The lowest BCUT2D eigenvalue weighted by atomic mass is 10.1. The van der Waals surface area contributed by atoms with E-state index in [0.717, 1.165) is 12.1 Å². The molecule has 10 nitrogen and oxygen atoms in total. The minimum atomic E-state index is -0.797. The van der Waals surface area contributed by atoms with Crippen LogP contribution in [-0.2, 0) is 9.53 Å². The van der Waals surface area contributed by atoms with E-state index in [1.807, 2.05) is 6.92 Å². The largest absolute Gasteiger partial charge is 0.494 e. The van der Waals surface area contributed by atoms with E-state index in [-0.39, 0.29) is 30.0 Å². The second kappa shape index (κ2) is 9.03. The molecule has 2 amide bonds. The highest BCUT2D eigenvalue weighted by Gasteiger charge is 2.38. The number of nitro benzene ring substituents is 1. The van der Waals surface area contributed by atoms with E-state index < -0.39 is 29.3 Å². The molecule has 0 fully saturated rings. The Morgan fingerprint density at radius 1 is 0.967 bits per heavy atom. The van der Waals surface area contributed by atoms with Gasteiger partial charge in [-0.25, -0.2) is 0 Å². The molecule has 0 radical (unpaired) electrons. The van der Waals surface area contributed by atoms with E-state index in [1.54, 1.807) is 24.3 Å². The molecule has 3 rings (SSSR count). The number of nitro groups is 1. The highest BCUT2D eigenvalue weighted by Crippen LogP contribution is 2.26. The summed E-state index contributed by atoms with van der Waals surface area (Å²) in [4.78, 5) is 47.5. The number of carbonyl (C=O) groups excluding carboxylic acids is 3. The molecule has 0 saturated heterocycles. The van der Waals surface area contributed by atoms with E-state index in [1.165, 1.54) is 6.07 Å². The van der Waals surface area contributed by atoms with Crippen molar-refractivity contribution >= 4 is 23.5 Å². The molecule has 0 aromatic heterocycles. The highest BCUT2D eigenvalue weighted by atomic mass is 16.6. The number of hydrogen-bond donors (Lipinski definition) is 0. The van der Waals surface area contributed by atoms with Crippen LogP contribution in [0, 0.1) is 10.1 Å². The van der Waals surface area contributed by atoms with Gasteiger partial charge in [-0.05, 0) is 37.3 Å². The van der Waals surface area contributed by atoms with E-state index in [0.29, 0.717) is 23.0 Å². The lowest BCUT2D eigenvalue weighted by Crippen LogP contribution is -2.36. The standard InChI is InChI=1S/C20H18N2O8/c1-2-28-14-4-6-15(7-5-14)29-9-10-30-18(23)12-21-19(24)16-8-3-13(22(26)27)11-17(16)20(21)25/h3-8,11H,2,9-10,12H2,1H3. The average molecular weight is 414 g/mol. The van der Waals surface area contributed by atoms with Gasteiger partial charge in [0, 0.05) is 12.1 Å². The SMILES string of the molecule is CCOc1ccc(OCCOC(=O)CN2C(=O)c3ccc([N+](=O)[O-])cc3C2=O)cc1. The second-order valence-electron chi connectivity index (χ2n) is 6.16. The predicted molar refractivity (Wildman–Crippen MR) is 103 cm³/mol. The fourth-order valence-electron chi connectivity index (χ4n) is 2.82. The first-order valence-electron chi connectivity index (χ1n) is 9.06. The Bertz CT molecular complexity index is 987. The molecule has 0 spiro atoms. The number of nitrogens with zero attached hydrogens (tertiary/aromatic N) is 2. The maximum Gasteiger partial charge on any atom is 0.326 e. The first kappa shape index (κ1) is 20.8. The van der Waals surface area contributed by atoms with Gasteiger partial charge >= 0.3 is 5.97 Å². The zero-order valence-electron chi connectivity index (χ0n) is 16.0. The molecule has 1 aliphatic rings. The molecule has 156 valence electrons. The summed E-state index contributed by atoms with van der Waals surface area (Å²) in [6.45, 7) is 1.84. The van der Waals surface area contributed by atoms with Gasteiger partial charge in [0.25, 0.3) is 17.5 Å². The van der Waals surface area contributed by atoms with Gasteiger partial charge in [0.15, 0.2) is 0 Å². The molecule has 0 aliphatic carbocycles. The van der Waals surface area contributed by atoms with Crippen molar-refractivity contribution in [3.8, 4) is 11.5 Å². The molecule has 1 heterocycles. The van der Waals surface area contributed by atoms with Gasteiger partial charge in [-0.1, -0.05) is 0 Å². The Kier molecular flexibility index (Phi) is 6.26. The number of benzene rings is 2. The Balaban J connectivity index is 1.48. The van der Waals surface area contributed by atoms with Gasteiger partial charge in [0.05, 0.1) is 22.7 Å². The number of imide groups is 1. The van der Waals surface area contributed by atoms with Gasteiger partial charge in [0.1, 0.15) is 31.3 Å². The molecule has 1 aliphatic heterocycles. The van der Waals surface area contributed by atoms with Crippen molar-refractivity contribution in [1.29, 1.82) is 0 Å². The monoisotopic (exact) mass is 414 g/mol. The second-order valence-corrected chi connectivity index (χ2v) is 6.16. The fourth-order valence-corrected chi connectivity index (χ4v) is 2.82. The number of ether oxygens (including phenoxy) is 3. The zero-order valence-corrected chi connectivity index (χ0v) is 16.0. The zero-order chi connectivity index (χ0) is 21.7. The van der Waals surface area contributed by atoms with Crippen molar-refractivity contribution in [2.45, 2.75) is 6.92 Å². The number of amides is 2. The predicted octanol–water partition coefficient (Wildman–Crippen LogP) is 2.21. The number of fused-ring (bicyclic) bond motifs is 1. The third-order valence-corrected chi connectivity index (χ3v) is 4.20. The van der Waals surface area contributed by atoms with Crippen LogP contribution in [0.4, 0.5) is 5.69 Å². The summed E-state index contributed by atoms with van der Waals surface area (Å²) < 4.78 is 15.8. The molecule has 2 aromatic carbocycles. The number of esters is 1. The van der Waals surface area contributed by atoms with Crippen LogP contribution in [0.1, 0.15) is 27.6 Å². The van der Waals surface area contributed by atoms with Crippen LogP contribution in [0.25, 0.3) is 0 Å². The third kappa shape index (κ3) is 4.54. The summed E-state index contributed by atoms with van der Waals surface area (Å²) in [6, 6.07) is 10.3. The first-order valence-corrected chi connectivity index (χ1v) is 9.06. The maximum atomic E-state index is 12.3. The number of hydrogen-bond acceptors (Lipinski definition) is 8. The number of carbonyl (C=O) groups is 3. The van der Waals surface area contributed by atoms with Gasteiger partial charge in [-0.15, -0.1) is 0 Å². The van der Waals surface area contributed by atoms with Crippen molar-refractivity contribution in [3.63, 3.8) is 0 Å². The van der Waals surface area contributed by atoms with Crippen LogP contribution in [0.5, 0.6) is 11.5 Å². The molecule has 10 heteroatoms. The Morgan fingerprint density at radius 2 is 1.60 bits per heavy atom. The Hall–Kier alpha value is -3.95. The first-order chi connectivity index (χ1) is 14.4. The van der Waals surface area contributed by atoms with E-state index >= 15 is 0 Å². The lowest BCUT2D eigenvalue weighted by molar-refractivity contribution is -0.384. The molecule has 0 bridgehead atoms. The fraction of sp³-hybridized carbons (Fsp3) is 0.250. The van der Waals surface area contributed by atoms with Crippen LogP contribution in [0.15, 0.2) is 42.5 Å². The van der Waals surface area contributed by atoms with Crippen LogP contribution in [0.2, 0.25) is 0 Å². The van der Waals surface area contributed by atoms with Crippen molar-refractivity contribution < 1.29 is 33.5 Å². The summed E-state index contributed by atoms with van der Waals surface area (Å²) in [7, 11) is 0. The average Bonchev–Trinajstić information content (AvgIpc) is 2.97. The molecule has 0 unspecified atom stereocenters. The summed E-state index contributed by atoms with van der Waals surface area (Å²) in [5.74, 6) is -0.998. The minimum Gasteiger partial charge on any atom is -0.494 e. The van der Waals surface area contributed by atoms with Crippen LogP contribution in [0.3, 0.4) is 0 Å². The molecule has 30 heavy (non-hydrogen) atoms. The van der Waals surface area contributed by atoms with Crippen molar-refractivity contribution in [1.82, 2.24) is 4.90 Å². The molecule has 2 aromatic rings. The maximum absolute atomic E-state index is 12.3. The molecular weight excluding hydrogens is 396 g/mol. The summed E-state index contributed by atoms with van der Waals surface area (Å²) >= 11 is 0. The molecule has 0 N–H and O–H groups in total. The van der Waals surface area contributed by atoms with E-state index in [2.05, 4.69) is 0 Å². The van der Waals surface area contributed by atoms with Crippen molar-refractivity contribution in [3.05, 3.63) is 63.7 Å². The minimum absolute atomic E-state index is 0.0113. The van der Waals surface area contributed by atoms with E-state index in [9.17, 15) is 24.5 Å². The Labute approximate surface area is 171 Å². The number of non-ortho nitro benzene ring substituents is 1. The topological polar surface area (TPSA) is 125 Å². The van der Waals surface area contributed by atoms with Gasteiger partial charge < -0.3 is 14.2 Å². The van der Waals surface area contributed by atoms with Gasteiger partial charge in [0.2, 0.25) is 0 Å². The molecule has 0 saturated carbocycles. The van der Waals surface area contributed by atoms with Gasteiger partial charge in [-0.3, -0.25) is 29.4 Å².